The summed E-state index contributed by atoms with van der Waals surface area (Å²) in [6.07, 6.45) is 1.29. The molecule has 0 spiro atoms. The zero-order valence-electron chi connectivity index (χ0n) is 14.2. The average Bonchev–Trinajstić information content (AvgIpc) is 2.66. The predicted molar refractivity (Wildman–Crippen MR) is 101 cm³/mol. The Labute approximate surface area is 155 Å². The lowest BCUT2D eigenvalue weighted by atomic mass is 10.1. The summed E-state index contributed by atoms with van der Waals surface area (Å²) in [5.74, 6) is -0.827. The smallest absolute Gasteiger partial charge is 0.267 e. The van der Waals surface area contributed by atoms with Crippen molar-refractivity contribution in [1.82, 2.24) is 5.32 Å². The third kappa shape index (κ3) is 4.22. The van der Waals surface area contributed by atoms with Crippen LogP contribution in [-0.4, -0.2) is 11.0 Å². The number of amides is 1. The first-order chi connectivity index (χ1) is 13.1. The zero-order chi connectivity index (χ0) is 19.2. The highest BCUT2D eigenvalue weighted by Gasteiger charge is 2.12. The molecule has 0 heterocycles. The van der Waals surface area contributed by atoms with E-state index in [0.717, 1.165) is 0 Å². The van der Waals surface area contributed by atoms with Gasteiger partial charge in [0.1, 0.15) is 23.2 Å². The summed E-state index contributed by atoms with van der Waals surface area (Å²) in [5, 5.41) is 26.0. The van der Waals surface area contributed by atoms with Crippen LogP contribution in [0.3, 0.4) is 0 Å². The van der Waals surface area contributed by atoms with E-state index in [1.165, 1.54) is 18.3 Å². The number of carbonyl (C=O) groups excluding carboxylic acids is 1. The van der Waals surface area contributed by atoms with E-state index in [1.54, 1.807) is 48.5 Å². The standard InChI is InChI=1S/C21H16FN3O2/c22-16-5-1-4-14(10-16)12-24-13-15(11-23)21(27)25-19-8-2-7-18-17(19)6-3-9-20(18)26/h1-10,13,24,26H,12H2,(H,25,27)/b15-13-. The molecular weight excluding hydrogens is 345 g/mol. The number of hydrogen-bond donors (Lipinski definition) is 3. The van der Waals surface area contributed by atoms with Crippen molar-refractivity contribution < 1.29 is 14.3 Å². The maximum absolute atomic E-state index is 13.2. The summed E-state index contributed by atoms with van der Waals surface area (Å²) < 4.78 is 13.2. The highest BCUT2D eigenvalue weighted by Crippen LogP contribution is 2.29. The van der Waals surface area contributed by atoms with Gasteiger partial charge in [0.05, 0.1) is 0 Å². The van der Waals surface area contributed by atoms with Crippen molar-refractivity contribution in [1.29, 1.82) is 5.26 Å². The fourth-order valence-electron chi connectivity index (χ4n) is 2.66. The highest BCUT2D eigenvalue weighted by molar-refractivity contribution is 6.11. The molecule has 5 nitrogen and oxygen atoms in total. The number of aromatic hydroxyl groups is 1. The molecule has 27 heavy (non-hydrogen) atoms. The van der Waals surface area contributed by atoms with E-state index in [0.29, 0.717) is 22.0 Å². The molecule has 134 valence electrons. The van der Waals surface area contributed by atoms with Crippen LogP contribution in [0.4, 0.5) is 10.1 Å². The van der Waals surface area contributed by atoms with Gasteiger partial charge in [0, 0.05) is 29.2 Å². The summed E-state index contributed by atoms with van der Waals surface area (Å²) in [6, 6.07) is 18.0. The molecule has 3 aromatic carbocycles. The van der Waals surface area contributed by atoms with Gasteiger partial charge in [0.15, 0.2) is 0 Å². The van der Waals surface area contributed by atoms with Gasteiger partial charge in [-0.2, -0.15) is 5.26 Å². The first kappa shape index (κ1) is 18.0. The lowest BCUT2D eigenvalue weighted by molar-refractivity contribution is -0.112. The molecule has 0 aromatic heterocycles. The predicted octanol–water partition coefficient (Wildman–Crippen LogP) is 3.82. The van der Waals surface area contributed by atoms with Gasteiger partial charge in [-0.1, -0.05) is 36.4 Å². The van der Waals surface area contributed by atoms with Gasteiger partial charge in [-0.05, 0) is 29.8 Å². The van der Waals surface area contributed by atoms with Crippen molar-refractivity contribution in [2.24, 2.45) is 0 Å². The van der Waals surface area contributed by atoms with Crippen LogP contribution in [0, 0.1) is 17.1 Å². The van der Waals surface area contributed by atoms with Gasteiger partial charge in [-0.25, -0.2) is 4.39 Å². The number of anilines is 1. The number of phenols is 1. The maximum atomic E-state index is 13.2. The molecule has 0 aliphatic rings. The number of phenolic OH excluding ortho intramolecular Hbond substituents is 1. The maximum Gasteiger partial charge on any atom is 0.267 e. The third-order valence-corrected chi connectivity index (χ3v) is 3.95. The molecule has 0 unspecified atom stereocenters. The summed E-state index contributed by atoms with van der Waals surface area (Å²) in [5.41, 5.74) is 1.05. The Bertz CT molecular complexity index is 1070. The van der Waals surface area contributed by atoms with Gasteiger partial charge in [-0.3, -0.25) is 4.79 Å². The van der Waals surface area contributed by atoms with Crippen LogP contribution in [0.2, 0.25) is 0 Å². The molecule has 0 atom stereocenters. The number of rotatable bonds is 5. The molecule has 3 N–H and O–H groups in total. The van der Waals surface area contributed by atoms with E-state index >= 15 is 0 Å². The minimum absolute atomic E-state index is 0.108. The number of benzene rings is 3. The second-order valence-electron chi connectivity index (χ2n) is 5.81. The Kier molecular flexibility index (Phi) is 5.33. The van der Waals surface area contributed by atoms with Gasteiger partial charge in [0.2, 0.25) is 0 Å². The van der Waals surface area contributed by atoms with Crippen LogP contribution < -0.4 is 10.6 Å². The third-order valence-electron chi connectivity index (χ3n) is 3.95. The molecule has 0 radical (unpaired) electrons. The van der Waals surface area contributed by atoms with E-state index in [1.807, 2.05) is 6.07 Å². The Morgan fingerprint density at radius 3 is 2.63 bits per heavy atom. The summed E-state index contributed by atoms with van der Waals surface area (Å²) in [6.45, 7) is 0.276. The number of halogens is 1. The monoisotopic (exact) mass is 361 g/mol. The van der Waals surface area contributed by atoms with Gasteiger partial charge in [-0.15, -0.1) is 0 Å². The molecule has 1 amide bonds. The number of nitriles is 1. The van der Waals surface area contributed by atoms with Gasteiger partial charge in [0.25, 0.3) is 5.91 Å². The minimum atomic E-state index is -0.583. The molecule has 0 saturated carbocycles. The first-order valence-corrected chi connectivity index (χ1v) is 8.18. The van der Waals surface area contributed by atoms with E-state index < -0.39 is 5.91 Å². The van der Waals surface area contributed by atoms with Crippen molar-refractivity contribution >= 4 is 22.4 Å². The molecule has 0 aliphatic heterocycles. The van der Waals surface area contributed by atoms with Crippen molar-refractivity contribution in [2.45, 2.75) is 6.54 Å². The SMILES string of the molecule is N#C/C(=C/NCc1cccc(F)c1)C(=O)Nc1cccc2c(O)cccc12. The Morgan fingerprint density at radius 1 is 1.11 bits per heavy atom. The molecular formula is C21H16FN3O2. The lowest BCUT2D eigenvalue weighted by Crippen LogP contribution is -2.16. The number of fused-ring (bicyclic) bond motifs is 1. The largest absolute Gasteiger partial charge is 0.507 e. The van der Waals surface area contributed by atoms with Crippen LogP contribution in [0.25, 0.3) is 10.8 Å². The number of carbonyl (C=O) groups is 1. The van der Waals surface area contributed by atoms with Crippen LogP contribution in [0.5, 0.6) is 5.75 Å². The Morgan fingerprint density at radius 2 is 1.85 bits per heavy atom. The molecule has 0 bridgehead atoms. The molecule has 0 saturated heterocycles. The topological polar surface area (TPSA) is 85.2 Å². The fourth-order valence-corrected chi connectivity index (χ4v) is 2.66. The quantitative estimate of drug-likeness (QED) is 0.476. The molecule has 6 heteroatoms. The van der Waals surface area contributed by atoms with E-state index in [9.17, 15) is 19.6 Å². The Balaban J connectivity index is 1.74. The second kappa shape index (κ2) is 8.02. The van der Waals surface area contributed by atoms with Crippen molar-refractivity contribution in [3.05, 3.63) is 83.8 Å². The van der Waals surface area contributed by atoms with Crippen molar-refractivity contribution in [3.8, 4) is 11.8 Å². The van der Waals surface area contributed by atoms with E-state index in [4.69, 9.17) is 0 Å². The minimum Gasteiger partial charge on any atom is -0.507 e. The fraction of sp³-hybridized carbons (Fsp3) is 0.0476. The Hall–Kier alpha value is -3.85. The summed E-state index contributed by atoms with van der Waals surface area (Å²) in [7, 11) is 0. The second-order valence-corrected chi connectivity index (χ2v) is 5.81. The zero-order valence-corrected chi connectivity index (χ0v) is 14.2. The van der Waals surface area contributed by atoms with Gasteiger partial charge < -0.3 is 15.7 Å². The first-order valence-electron chi connectivity index (χ1n) is 8.18. The number of nitrogens with one attached hydrogen (secondary N) is 2. The lowest BCUT2D eigenvalue weighted by Gasteiger charge is -2.09. The summed E-state index contributed by atoms with van der Waals surface area (Å²) in [4.78, 5) is 12.4. The number of hydrogen-bond acceptors (Lipinski definition) is 4. The van der Waals surface area contributed by atoms with Crippen molar-refractivity contribution in [3.63, 3.8) is 0 Å². The molecule has 3 aromatic rings. The molecule has 0 fully saturated rings. The number of nitrogens with zero attached hydrogens (tertiary/aromatic N) is 1. The van der Waals surface area contributed by atoms with Crippen LogP contribution in [0.1, 0.15) is 5.56 Å². The van der Waals surface area contributed by atoms with E-state index in [2.05, 4.69) is 10.6 Å². The van der Waals surface area contributed by atoms with E-state index in [-0.39, 0.29) is 23.7 Å². The van der Waals surface area contributed by atoms with Crippen molar-refractivity contribution in [2.75, 3.05) is 5.32 Å². The van der Waals surface area contributed by atoms with Gasteiger partial charge >= 0.3 is 0 Å². The molecule has 0 aliphatic carbocycles. The normalized spacial score (nSPS) is 11.0. The highest BCUT2D eigenvalue weighted by atomic mass is 19.1. The summed E-state index contributed by atoms with van der Waals surface area (Å²) >= 11 is 0. The van der Waals surface area contributed by atoms with Crippen LogP contribution in [-0.2, 0) is 11.3 Å². The molecule has 3 rings (SSSR count). The average molecular weight is 361 g/mol. The van der Waals surface area contributed by atoms with Crippen LogP contribution in [0.15, 0.2) is 72.4 Å². The van der Waals surface area contributed by atoms with Crippen LogP contribution >= 0.6 is 0 Å².